The highest BCUT2D eigenvalue weighted by atomic mass is 16.5. The van der Waals surface area contributed by atoms with Gasteiger partial charge in [-0.1, -0.05) is 12.1 Å². The number of ether oxygens (including phenoxy) is 5. The van der Waals surface area contributed by atoms with Gasteiger partial charge >= 0.3 is 0 Å². The number of likely N-dealkylation sites (N-methyl/N-ethyl adjacent to an activating group) is 1. The lowest BCUT2D eigenvalue weighted by Gasteiger charge is -2.43. The van der Waals surface area contributed by atoms with E-state index in [1.54, 1.807) is 21.3 Å². The van der Waals surface area contributed by atoms with Crippen molar-refractivity contribution in [1.29, 1.82) is 0 Å². The van der Waals surface area contributed by atoms with Crippen molar-refractivity contribution >= 4 is 0 Å². The van der Waals surface area contributed by atoms with E-state index < -0.39 is 0 Å². The van der Waals surface area contributed by atoms with Crippen LogP contribution in [0.1, 0.15) is 11.1 Å². The number of hydrogen-bond acceptors (Lipinski definition) is 7. The Morgan fingerprint density at radius 1 is 0.967 bits per heavy atom. The monoisotopic (exact) mass is 416 g/mol. The van der Waals surface area contributed by atoms with Crippen LogP contribution in [-0.4, -0.2) is 66.7 Å². The predicted octanol–water partition coefficient (Wildman–Crippen LogP) is 2.67. The fraction of sp³-hybridized carbons (Fsp3) is 0.478. The molecule has 1 fully saturated rings. The summed E-state index contributed by atoms with van der Waals surface area (Å²) < 4.78 is 27.8. The second-order valence-electron chi connectivity index (χ2n) is 7.64. The second kappa shape index (κ2) is 10.0. The third-order valence-electron chi connectivity index (χ3n) is 5.28. The first kappa shape index (κ1) is 22.2. The summed E-state index contributed by atoms with van der Waals surface area (Å²) in [6, 6.07) is 12.2. The molecule has 164 valence electrons. The van der Waals surface area contributed by atoms with E-state index >= 15 is 0 Å². The molecule has 0 bridgehead atoms. The van der Waals surface area contributed by atoms with Crippen molar-refractivity contribution in [2.24, 2.45) is 0 Å². The van der Waals surface area contributed by atoms with E-state index in [2.05, 4.69) is 22.3 Å². The molecule has 0 amide bonds. The van der Waals surface area contributed by atoms with E-state index in [1.807, 2.05) is 38.4 Å². The van der Waals surface area contributed by atoms with Crippen LogP contribution >= 0.6 is 0 Å². The quantitative estimate of drug-likeness (QED) is 0.604. The van der Waals surface area contributed by atoms with E-state index in [1.165, 1.54) is 5.56 Å². The van der Waals surface area contributed by atoms with E-state index in [4.69, 9.17) is 23.7 Å². The second-order valence-corrected chi connectivity index (χ2v) is 7.64. The predicted molar refractivity (Wildman–Crippen MR) is 116 cm³/mol. The van der Waals surface area contributed by atoms with Crippen LogP contribution in [-0.2, 0) is 16.8 Å². The molecule has 0 radical (unpaired) electrons. The molecule has 2 aromatic carbocycles. The van der Waals surface area contributed by atoms with Crippen molar-refractivity contribution in [3.63, 3.8) is 0 Å². The maximum atomic E-state index is 5.77. The Balaban J connectivity index is 1.69. The van der Waals surface area contributed by atoms with E-state index in [0.29, 0.717) is 43.6 Å². The van der Waals surface area contributed by atoms with Crippen molar-refractivity contribution in [2.75, 3.05) is 61.8 Å². The molecule has 3 rings (SSSR count). The van der Waals surface area contributed by atoms with Gasteiger partial charge in [-0.05, 0) is 49.5 Å². The molecule has 0 aliphatic carbocycles. The SMILES string of the molecule is COc1cc(C2(NCc3ccc(OCCN(C)C)cc3)COC2)cc(OC)c1OC. The van der Waals surface area contributed by atoms with E-state index in [-0.39, 0.29) is 5.54 Å². The Kier molecular flexibility index (Phi) is 7.42. The average Bonchev–Trinajstić information content (AvgIpc) is 2.72. The Hall–Kier alpha value is -2.48. The first-order chi connectivity index (χ1) is 14.5. The standard InChI is InChI=1S/C23H32N2O5/c1-25(2)10-11-30-19-8-6-17(7-9-19)14-24-23(15-29-16-23)18-12-20(26-3)22(28-5)21(13-18)27-4/h6-9,12-13,24H,10-11,14-16H2,1-5H3. The third kappa shape index (κ3) is 4.98. The first-order valence-electron chi connectivity index (χ1n) is 10.0. The summed E-state index contributed by atoms with van der Waals surface area (Å²) in [6.07, 6.45) is 0. The lowest BCUT2D eigenvalue weighted by Crippen LogP contribution is -2.57. The summed E-state index contributed by atoms with van der Waals surface area (Å²) >= 11 is 0. The Morgan fingerprint density at radius 2 is 1.60 bits per heavy atom. The van der Waals surface area contributed by atoms with Gasteiger partial charge in [0.25, 0.3) is 0 Å². The van der Waals surface area contributed by atoms with Crippen molar-refractivity contribution in [3.05, 3.63) is 47.5 Å². The van der Waals surface area contributed by atoms with Crippen LogP contribution in [0.2, 0.25) is 0 Å². The van der Waals surface area contributed by atoms with Crippen LogP contribution in [0.4, 0.5) is 0 Å². The Bertz CT molecular complexity index is 794. The summed E-state index contributed by atoms with van der Waals surface area (Å²) in [5, 5.41) is 3.66. The third-order valence-corrected chi connectivity index (χ3v) is 5.28. The molecular weight excluding hydrogens is 384 g/mol. The largest absolute Gasteiger partial charge is 0.493 e. The number of benzene rings is 2. The van der Waals surface area contributed by atoms with Gasteiger partial charge in [0.1, 0.15) is 12.4 Å². The van der Waals surface area contributed by atoms with Crippen LogP contribution < -0.4 is 24.3 Å². The van der Waals surface area contributed by atoms with Gasteiger partial charge in [-0.2, -0.15) is 0 Å². The number of hydrogen-bond donors (Lipinski definition) is 1. The molecule has 1 aliphatic rings. The van der Waals surface area contributed by atoms with E-state index in [9.17, 15) is 0 Å². The fourth-order valence-corrected chi connectivity index (χ4v) is 3.36. The van der Waals surface area contributed by atoms with Gasteiger partial charge in [0.05, 0.1) is 40.1 Å². The number of nitrogens with one attached hydrogen (secondary N) is 1. The van der Waals surface area contributed by atoms with Gasteiger partial charge in [0.2, 0.25) is 5.75 Å². The number of methoxy groups -OCH3 is 3. The molecule has 30 heavy (non-hydrogen) atoms. The number of nitrogens with zero attached hydrogens (tertiary/aromatic N) is 1. The van der Waals surface area contributed by atoms with Crippen molar-refractivity contribution in [1.82, 2.24) is 10.2 Å². The molecule has 2 aromatic rings. The van der Waals surface area contributed by atoms with Crippen LogP contribution in [0.3, 0.4) is 0 Å². The summed E-state index contributed by atoms with van der Waals surface area (Å²) in [6.45, 7) is 3.43. The summed E-state index contributed by atoms with van der Waals surface area (Å²) in [4.78, 5) is 2.10. The molecule has 7 heteroatoms. The Morgan fingerprint density at radius 3 is 2.07 bits per heavy atom. The maximum Gasteiger partial charge on any atom is 0.203 e. The van der Waals surface area contributed by atoms with Gasteiger partial charge in [0.15, 0.2) is 11.5 Å². The van der Waals surface area contributed by atoms with Crippen molar-refractivity contribution < 1.29 is 23.7 Å². The van der Waals surface area contributed by atoms with Crippen LogP contribution in [0.5, 0.6) is 23.0 Å². The molecule has 1 heterocycles. The molecular formula is C23H32N2O5. The minimum Gasteiger partial charge on any atom is -0.493 e. The lowest BCUT2D eigenvalue weighted by molar-refractivity contribution is -0.0797. The van der Waals surface area contributed by atoms with Gasteiger partial charge in [0, 0.05) is 13.1 Å². The average molecular weight is 417 g/mol. The van der Waals surface area contributed by atoms with Crippen molar-refractivity contribution in [2.45, 2.75) is 12.1 Å². The highest BCUT2D eigenvalue weighted by Crippen LogP contribution is 2.42. The topological polar surface area (TPSA) is 61.4 Å². The summed E-state index contributed by atoms with van der Waals surface area (Å²) in [5.41, 5.74) is 1.92. The van der Waals surface area contributed by atoms with Crippen LogP contribution in [0.25, 0.3) is 0 Å². The molecule has 7 nitrogen and oxygen atoms in total. The molecule has 1 N–H and O–H groups in total. The summed E-state index contributed by atoms with van der Waals surface area (Å²) in [5.74, 6) is 2.74. The Labute approximate surface area is 178 Å². The molecule has 0 atom stereocenters. The minimum atomic E-state index is -0.298. The molecule has 1 aliphatic heterocycles. The number of rotatable bonds is 11. The zero-order valence-electron chi connectivity index (χ0n) is 18.5. The van der Waals surface area contributed by atoms with Crippen molar-refractivity contribution in [3.8, 4) is 23.0 Å². The van der Waals surface area contributed by atoms with Crippen LogP contribution in [0, 0.1) is 0 Å². The maximum absolute atomic E-state index is 5.77. The van der Waals surface area contributed by atoms with Gasteiger partial charge in [-0.25, -0.2) is 0 Å². The van der Waals surface area contributed by atoms with Gasteiger partial charge in [-0.15, -0.1) is 0 Å². The highest BCUT2D eigenvalue weighted by Gasteiger charge is 2.41. The zero-order chi connectivity index (χ0) is 21.6. The zero-order valence-corrected chi connectivity index (χ0v) is 18.5. The van der Waals surface area contributed by atoms with Crippen LogP contribution in [0.15, 0.2) is 36.4 Å². The fourth-order valence-electron chi connectivity index (χ4n) is 3.36. The van der Waals surface area contributed by atoms with Gasteiger partial charge in [-0.3, -0.25) is 5.32 Å². The highest BCUT2D eigenvalue weighted by molar-refractivity contribution is 5.55. The smallest absolute Gasteiger partial charge is 0.203 e. The normalized spacial score (nSPS) is 14.9. The van der Waals surface area contributed by atoms with E-state index in [0.717, 1.165) is 17.9 Å². The minimum absolute atomic E-state index is 0.298. The van der Waals surface area contributed by atoms with Gasteiger partial charge < -0.3 is 28.6 Å². The lowest BCUT2D eigenvalue weighted by atomic mass is 9.87. The molecule has 0 spiro atoms. The first-order valence-corrected chi connectivity index (χ1v) is 10.0. The molecule has 1 saturated heterocycles. The molecule has 0 unspecified atom stereocenters. The summed E-state index contributed by atoms with van der Waals surface area (Å²) in [7, 11) is 8.92. The molecule has 0 aromatic heterocycles. The molecule has 0 saturated carbocycles.